The third-order valence-corrected chi connectivity index (χ3v) is 2.87. The third-order valence-electron chi connectivity index (χ3n) is 2.87. The zero-order chi connectivity index (χ0) is 13.8. The summed E-state index contributed by atoms with van der Waals surface area (Å²) in [6, 6.07) is 6.29. The molecule has 0 bridgehead atoms. The Morgan fingerprint density at radius 3 is 3.00 bits per heavy atom. The van der Waals surface area contributed by atoms with Crippen LogP contribution in [0.4, 0.5) is 4.39 Å². The van der Waals surface area contributed by atoms with Gasteiger partial charge in [-0.1, -0.05) is 0 Å². The molecule has 1 heterocycles. The SMILES string of the molecule is COCC(C)NC(=O)Cn1ccc2cc(F)ccc21. The van der Waals surface area contributed by atoms with Gasteiger partial charge >= 0.3 is 0 Å². The Kier molecular flexibility index (Phi) is 4.16. The van der Waals surface area contributed by atoms with E-state index in [1.807, 2.05) is 6.92 Å². The van der Waals surface area contributed by atoms with Crippen molar-refractivity contribution in [3.05, 3.63) is 36.3 Å². The normalized spacial score (nSPS) is 12.6. The number of carbonyl (C=O) groups is 1. The zero-order valence-electron chi connectivity index (χ0n) is 11.0. The van der Waals surface area contributed by atoms with Gasteiger partial charge in [0.05, 0.1) is 6.61 Å². The minimum atomic E-state index is -0.275. The molecule has 4 nitrogen and oxygen atoms in total. The predicted octanol–water partition coefficient (Wildman–Crippen LogP) is 1.93. The lowest BCUT2D eigenvalue weighted by Gasteiger charge is -2.13. The molecule has 0 aliphatic rings. The van der Waals surface area contributed by atoms with Crippen LogP contribution >= 0.6 is 0 Å². The van der Waals surface area contributed by atoms with E-state index in [4.69, 9.17) is 4.74 Å². The van der Waals surface area contributed by atoms with Crippen LogP contribution in [0.2, 0.25) is 0 Å². The van der Waals surface area contributed by atoms with Crippen LogP contribution in [0.3, 0.4) is 0 Å². The van der Waals surface area contributed by atoms with Gasteiger partial charge in [-0.05, 0) is 31.2 Å². The number of ether oxygens (including phenoxy) is 1. The fourth-order valence-corrected chi connectivity index (χ4v) is 2.08. The number of nitrogens with one attached hydrogen (secondary N) is 1. The second-order valence-electron chi connectivity index (χ2n) is 4.57. The van der Waals surface area contributed by atoms with Crippen molar-refractivity contribution in [2.75, 3.05) is 13.7 Å². The minimum absolute atomic E-state index is 0.0308. The number of rotatable bonds is 5. The Morgan fingerprint density at radius 2 is 2.26 bits per heavy atom. The fourth-order valence-electron chi connectivity index (χ4n) is 2.08. The molecule has 1 aromatic heterocycles. The van der Waals surface area contributed by atoms with E-state index in [0.717, 1.165) is 10.9 Å². The van der Waals surface area contributed by atoms with E-state index >= 15 is 0 Å². The number of fused-ring (bicyclic) bond motifs is 1. The smallest absolute Gasteiger partial charge is 0.240 e. The Hall–Kier alpha value is -1.88. The van der Waals surface area contributed by atoms with Gasteiger partial charge in [0.25, 0.3) is 0 Å². The predicted molar refractivity (Wildman–Crippen MR) is 71.4 cm³/mol. The lowest BCUT2D eigenvalue weighted by molar-refractivity contribution is -0.122. The van der Waals surface area contributed by atoms with E-state index in [0.29, 0.717) is 6.61 Å². The van der Waals surface area contributed by atoms with Gasteiger partial charge in [0.1, 0.15) is 12.4 Å². The van der Waals surface area contributed by atoms with E-state index in [9.17, 15) is 9.18 Å². The molecule has 0 saturated carbocycles. The summed E-state index contributed by atoms with van der Waals surface area (Å²) < 4.78 is 19.8. The average Bonchev–Trinajstić information content (AvgIpc) is 2.71. The number of nitrogens with zero attached hydrogens (tertiary/aromatic N) is 1. The van der Waals surface area contributed by atoms with Gasteiger partial charge in [0.15, 0.2) is 0 Å². The quantitative estimate of drug-likeness (QED) is 0.896. The van der Waals surface area contributed by atoms with Gasteiger partial charge in [0.2, 0.25) is 5.91 Å². The molecule has 5 heteroatoms. The van der Waals surface area contributed by atoms with Crippen LogP contribution in [-0.4, -0.2) is 30.2 Å². The summed E-state index contributed by atoms with van der Waals surface area (Å²) in [5.41, 5.74) is 0.843. The number of benzene rings is 1. The molecule has 2 aromatic rings. The van der Waals surface area contributed by atoms with Crippen molar-refractivity contribution < 1.29 is 13.9 Å². The van der Waals surface area contributed by atoms with Gasteiger partial charge in [-0.15, -0.1) is 0 Å². The maximum absolute atomic E-state index is 13.1. The first kappa shape index (κ1) is 13.5. The minimum Gasteiger partial charge on any atom is -0.383 e. The van der Waals surface area contributed by atoms with Crippen LogP contribution in [0.25, 0.3) is 10.9 Å². The highest BCUT2D eigenvalue weighted by atomic mass is 19.1. The summed E-state index contributed by atoms with van der Waals surface area (Å²) >= 11 is 0. The van der Waals surface area contributed by atoms with Crippen LogP contribution in [0.15, 0.2) is 30.5 Å². The first-order valence-corrected chi connectivity index (χ1v) is 6.13. The monoisotopic (exact) mass is 264 g/mol. The molecule has 0 aliphatic carbocycles. The molecule has 0 fully saturated rings. The van der Waals surface area contributed by atoms with E-state index in [1.54, 1.807) is 30.0 Å². The molecule has 1 atom stereocenters. The number of amides is 1. The summed E-state index contributed by atoms with van der Waals surface area (Å²) in [7, 11) is 1.59. The van der Waals surface area contributed by atoms with Gasteiger partial charge in [0, 0.05) is 30.3 Å². The fraction of sp³-hybridized carbons (Fsp3) is 0.357. The van der Waals surface area contributed by atoms with Crippen LogP contribution in [0.5, 0.6) is 0 Å². The first-order valence-electron chi connectivity index (χ1n) is 6.13. The van der Waals surface area contributed by atoms with Crippen molar-refractivity contribution in [3.63, 3.8) is 0 Å². The van der Waals surface area contributed by atoms with Gasteiger partial charge < -0.3 is 14.6 Å². The lowest BCUT2D eigenvalue weighted by atomic mass is 10.2. The van der Waals surface area contributed by atoms with Gasteiger partial charge in [-0.25, -0.2) is 4.39 Å². The lowest BCUT2D eigenvalue weighted by Crippen LogP contribution is -2.37. The maximum Gasteiger partial charge on any atom is 0.240 e. The average molecular weight is 264 g/mol. The van der Waals surface area contributed by atoms with Gasteiger partial charge in [-0.2, -0.15) is 0 Å². The molecule has 1 N–H and O–H groups in total. The number of hydrogen-bond acceptors (Lipinski definition) is 2. The topological polar surface area (TPSA) is 43.3 Å². The number of hydrogen-bond donors (Lipinski definition) is 1. The summed E-state index contributed by atoms with van der Waals surface area (Å²) in [4.78, 5) is 11.8. The van der Waals surface area contributed by atoms with Crippen molar-refractivity contribution in [1.82, 2.24) is 9.88 Å². The summed E-state index contributed by atoms with van der Waals surface area (Å²) in [5.74, 6) is -0.366. The second-order valence-corrected chi connectivity index (χ2v) is 4.57. The molecule has 102 valence electrons. The van der Waals surface area contributed by atoms with Crippen LogP contribution in [0.1, 0.15) is 6.92 Å². The van der Waals surface area contributed by atoms with Gasteiger partial charge in [-0.3, -0.25) is 4.79 Å². The Morgan fingerprint density at radius 1 is 1.47 bits per heavy atom. The zero-order valence-corrected chi connectivity index (χ0v) is 11.0. The Bertz CT molecular complexity index is 580. The summed E-state index contributed by atoms with van der Waals surface area (Å²) in [5, 5.41) is 3.63. The molecule has 19 heavy (non-hydrogen) atoms. The molecule has 0 radical (unpaired) electrons. The van der Waals surface area contributed by atoms with Crippen LogP contribution in [-0.2, 0) is 16.1 Å². The van der Waals surface area contributed by atoms with Crippen molar-refractivity contribution in [3.8, 4) is 0 Å². The van der Waals surface area contributed by atoms with E-state index in [-0.39, 0.29) is 24.3 Å². The highest BCUT2D eigenvalue weighted by molar-refractivity contribution is 5.83. The van der Waals surface area contributed by atoms with Crippen molar-refractivity contribution >= 4 is 16.8 Å². The highest BCUT2D eigenvalue weighted by Gasteiger charge is 2.09. The molecule has 1 aromatic carbocycles. The molecule has 1 amide bonds. The first-order chi connectivity index (χ1) is 9.10. The molecule has 0 spiro atoms. The number of carbonyl (C=O) groups excluding carboxylic acids is 1. The second kappa shape index (κ2) is 5.84. The van der Waals surface area contributed by atoms with E-state index in [2.05, 4.69) is 5.32 Å². The Balaban J connectivity index is 2.07. The number of aromatic nitrogens is 1. The van der Waals surface area contributed by atoms with E-state index < -0.39 is 0 Å². The third kappa shape index (κ3) is 3.32. The molecular formula is C14H17FN2O2. The molecule has 1 unspecified atom stereocenters. The van der Waals surface area contributed by atoms with Crippen molar-refractivity contribution in [2.24, 2.45) is 0 Å². The van der Waals surface area contributed by atoms with Crippen LogP contribution < -0.4 is 5.32 Å². The standard InChI is InChI=1S/C14H17FN2O2/c1-10(9-19-2)16-14(18)8-17-6-5-11-7-12(15)3-4-13(11)17/h3-7,10H,8-9H2,1-2H3,(H,16,18). The highest BCUT2D eigenvalue weighted by Crippen LogP contribution is 2.16. The van der Waals surface area contributed by atoms with Crippen LogP contribution in [0, 0.1) is 5.82 Å². The van der Waals surface area contributed by atoms with Crippen molar-refractivity contribution in [1.29, 1.82) is 0 Å². The largest absolute Gasteiger partial charge is 0.383 e. The molecular weight excluding hydrogens is 247 g/mol. The molecule has 2 rings (SSSR count). The molecule has 0 saturated heterocycles. The maximum atomic E-state index is 13.1. The van der Waals surface area contributed by atoms with E-state index in [1.165, 1.54) is 12.1 Å². The Labute approximate surface area is 111 Å². The summed E-state index contributed by atoms with van der Waals surface area (Å²) in [6.45, 7) is 2.57. The van der Waals surface area contributed by atoms with Crippen molar-refractivity contribution in [2.45, 2.75) is 19.5 Å². The molecule has 0 aliphatic heterocycles. The number of halogens is 1. The summed E-state index contributed by atoms with van der Waals surface area (Å²) in [6.07, 6.45) is 1.78. The number of methoxy groups -OCH3 is 1.